The number of esters is 1. The Morgan fingerprint density at radius 1 is 0.774 bits per heavy atom. The molecule has 0 aliphatic carbocycles. The van der Waals surface area contributed by atoms with Gasteiger partial charge in [0.05, 0.1) is 18.0 Å². The first-order valence-corrected chi connectivity index (χ1v) is 21.8. The molecule has 0 saturated carbocycles. The van der Waals surface area contributed by atoms with Crippen molar-refractivity contribution in [1.82, 2.24) is 0 Å². The second-order valence-electron chi connectivity index (χ2n) is 17.5. The van der Waals surface area contributed by atoms with E-state index < -0.39 is 23.3 Å². The number of ketones is 1. The number of ether oxygens (including phenoxy) is 3. The van der Waals surface area contributed by atoms with Crippen LogP contribution >= 0.6 is 11.8 Å². The first kappa shape index (κ1) is 52.7. The van der Waals surface area contributed by atoms with Gasteiger partial charge in [-0.3, -0.25) is 9.69 Å². The highest BCUT2D eigenvalue weighted by atomic mass is 32.2. The molecule has 1 aliphatic heterocycles. The van der Waals surface area contributed by atoms with E-state index in [4.69, 9.17) is 19.5 Å². The molecule has 0 N–H and O–H groups in total. The van der Waals surface area contributed by atoms with Crippen molar-refractivity contribution in [3.63, 3.8) is 0 Å². The Morgan fingerprint density at radius 2 is 1.32 bits per heavy atom. The van der Waals surface area contributed by atoms with E-state index in [-0.39, 0.29) is 24.2 Å². The summed E-state index contributed by atoms with van der Waals surface area (Å²) in [4.78, 5) is 57.0. The summed E-state index contributed by atoms with van der Waals surface area (Å²) in [6, 6.07) is 19.2. The SMILES string of the molecule is CCC(C)C(C)=O.CCC(C)c1cc(N(C)C)cc2c1N(C(=O)OC(C)(C)C)c1ccc(N(C)C)cc1S2.CCOC(=O)/C(C#N)=C/c1ccc(N(C)C(=O)OC(C)(C)C)cc1. The number of benzene rings is 3. The van der Waals surface area contributed by atoms with Gasteiger partial charge in [-0.25, -0.2) is 19.3 Å². The number of Topliss-reactive ketones (excluding diaryl/α,β-unsaturated/α-hetero) is 1. The van der Waals surface area contributed by atoms with E-state index in [1.165, 1.54) is 16.5 Å². The van der Waals surface area contributed by atoms with Crippen LogP contribution in [0.15, 0.2) is 70.0 Å². The fraction of sp³-hybridized carbons (Fsp3) is 0.490. The molecule has 62 heavy (non-hydrogen) atoms. The molecule has 1 aliphatic rings. The molecule has 0 radical (unpaired) electrons. The Morgan fingerprint density at radius 3 is 1.77 bits per heavy atom. The molecule has 338 valence electrons. The van der Waals surface area contributed by atoms with E-state index in [9.17, 15) is 19.2 Å². The van der Waals surface area contributed by atoms with Crippen molar-refractivity contribution in [2.75, 3.05) is 61.4 Å². The van der Waals surface area contributed by atoms with Crippen molar-refractivity contribution in [1.29, 1.82) is 5.26 Å². The minimum atomic E-state index is -0.657. The molecule has 2 atom stereocenters. The number of amides is 2. The van der Waals surface area contributed by atoms with Crippen molar-refractivity contribution in [3.8, 4) is 6.07 Å². The number of rotatable bonds is 10. The van der Waals surface area contributed by atoms with Crippen LogP contribution in [0.5, 0.6) is 0 Å². The van der Waals surface area contributed by atoms with Gasteiger partial charge in [-0.05, 0) is 134 Å². The normalized spacial score (nSPS) is 12.9. The van der Waals surface area contributed by atoms with Crippen molar-refractivity contribution >= 4 is 70.2 Å². The molecular weight excluding hydrogens is 803 g/mol. The van der Waals surface area contributed by atoms with Gasteiger partial charge in [0.2, 0.25) is 0 Å². The van der Waals surface area contributed by atoms with Gasteiger partial charge in [-0.15, -0.1) is 0 Å². The van der Waals surface area contributed by atoms with Crippen LogP contribution in [0.4, 0.5) is 38.0 Å². The van der Waals surface area contributed by atoms with Crippen molar-refractivity contribution in [3.05, 3.63) is 71.3 Å². The molecule has 3 aromatic carbocycles. The summed E-state index contributed by atoms with van der Waals surface area (Å²) in [5.41, 5.74) is 5.29. The molecule has 2 unspecified atom stereocenters. The van der Waals surface area contributed by atoms with E-state index in [0.717, 1.165) is 45.4 Å². The van der Waals surface area contributed by atoms with Crippen LogP contribution in [0.2, 0.25) is 0 Å². The van der Waals surface area contributed by atoms with Crippen LogP contribution in [0, 0.1) is 17.2 Å². The maximum absolute atomic E-state index is 13.5. The van der Waals surface area contributed by atoms with Gasteiger partial charge in [0.1, 0.15) is 28.6 Å². The average molecular weight is 872 g/mol. The van der Waals surface area contributed by atoms with E-state index in [0.29, 0.717) is 23.0 Å². The highest BCUT2D eigenvalue weighted by Gasteiger charge is 2.35. The summed E-state index contributed by atoms with van der Waals surface area (Å²) >= 11 is 1.72. The molecule has 1 heterocycles. The fourth-order valence-electron chi connectivity index (χ4n) is 5.60. The van der Waals surface area contributed by atoms with Gasteiger partial charge in [-0.2, -0.15) is 5.26 Å². The second-order valence-corrected chi connectivity index (χ2v) is 18.6. The molecule has 13 heteroatoms. The number of carbonyl (C=O) groups is 4. The Labute approximate surface area is 375 Å². The van der Waals surface area contributed by atoms with Gasteiger partial charge in [0.25, 0.3) is 0 Å². The first-order valence-electron chi connectivity index (χ1n) is 21.0. The number of fused-ring (bicyclic) bond motifs is 2. The van der Waals surface area contributed by atoms with Gasteiger partial charge >= 0.3 is 18.2 Å². The Balaban J connectivity index is 0.000000379. The first-order chi connectivity index (χ1) is 28.8. The number of nitriles is 1. The van der Waals surface area contributed by atoms with E-state index in [1.807, 2.05) is 60.8 Å². The third kappa shape index (κ3) is 15.5. The Bertz CT molecular complexity index is 2090. The molecule has 0 spiro atoms. The van der Waals surface area contributed by atoms with Crippen LogP contribution in [0.3, 0.4) is 0 Å². The second kappa shape index (κ2) is 23.1. The minimum absolute atomic E-state index is 0.0786. The minimum Gasteiger partial charge on any atom is -0.462 e. The van der Waals surface area contributed by atoms with Crippen LogP contribution in [-0.4, -0.2) is 77.0 Å². The molecule has 0 fully saturated rings. The van der Waals surface area contributed by atoms with Crippen LogP contribution < -0.4 is 19.6 Å². The molecule has 0 saturated heterocycles. The third-order valence-electron chi connectivity index (χ3n) is 9.65. The Hall–Kier alpha value is -5.48. The number of anilines is 5. The predicted octanol–water partition coefficient (Wildman–Crippen LogP) is 12.0. The molecule has 0 aromatic heterocycles. The lowest BCUT2D eigenvalue weighted by molar-refractivity contribution is -0.137. The standard InChI is InChI=1S/C25H35N3O2S.C18H22N2O4.C6H12O/c1-10-16(2)19-13-18(27(8)9)15-22-23(19)28(24(29)30-25(3,4)5)20-12-11-17(26(6)7)14-21(20)31-22;1-6-23-16(21)14(12-19)11-13-7-9-15(10-8-13)20(5)17(22)24-18(2,3)4;1-4-5(2)6(3)7/h11-16H,10H2,1-9H3;7-11H,6H2,1-5H3;5H,4H2,1-3H3/b;14-11+;. The highest BCUT2D eigenvalue weighted by Crippen LogP contribution is 2.53. The quantitative estimate of drug-likeness (QED) is 0.0834. The molecule has 12 nitrogen and oxygen atoms in total. The maximum Gasteiger partial charge on any atom is 0.419 e. The Kier molecular flexibility index (Phi) is 19.6. The predicted molar refractivity (Wildman–Crippen MR) is 254 cm³/mol. The molecule has 2 amide bonds. The van der Waals surface area contributed by atoms with Crippen LogP contribution in [0.25, 0.3) is 6.08 Å². The monoisotopic (exact) mass is 871 g/mol. The summed E-state index contributed by atoms with van der Waals surface area (Å²) in [6.45, 7) is 23.0. The number of hydrogen-bond donors (Lipinski definition) is 0. The fourth-order valence-corrected chi connectivity index (χ4v) is 6.76. The lowest BCUT2D eigenvalue weighted by Crippen LogP contribution is -2.36. The molecule has 3 aromatic rings. The number of hydrogen-bond acceptors (Lipinski definition) is 11. The zero-order valence-electron chi connectivity index (χ0n) is 40.1. The molecule has 0 bridgehead atoms. The molecule has 4 rings (SSSR count). The summed E-state index contributed by atoms with van der Waals surface area (Å²) < 4.78 is 16.0. The largest absolute Gasteiger partial charge is 0.462 e. The van der Waals surface area contributed by atoms with Gasteiger partial charge in [-0.1, -0.05) is 51.6 Å². The van der Waals surface area contributed by atoms with E-state index in [1.54, 1.807) is 82.6 Å². The van der Waals surface area contributed by atoms with Gasteiger partial charge < -0.3 is 24.0 Å². The smallest absolute Gasteiger partial charge is 0.419 e. The summed E-state index contributed by atoms with van der Waals surface area (Å²) in [6.07, 6.45) is 2.60. The summed E-state index contributed by atoms with van der Waals surface area (Å²) in [5.74, 6) is 0.208. The topological polar surface area (TPSA) is 133 Å². The van der Waals surface area contributed by atoms with Crippen LogP contribution in [0.1, 0.15) is 113 Å². The average Bonchev–Trinajstić information content (AvgIpc) is 3.19. The zero-order chi connectivity index (χ0) is 47.3. The molecular formula is C49H69N5O7S. The summed E-state index contributed by atoms with van der Waals surface area (Å²) in [7, 11) is 9.77. The highest BCUT2D eigenvalue weighted by molar-refractivity contribution is 7.99. The van der Waals surface area contributed by atoms with Crippen LogP contribution in [-0.2, 0) is 23.8 Å². The van der Waals surface area contributed by atoms with Gasteiger partial charge in [0, 0.05) is 68.0 Å². The lowest BCUT2D eigenvalue weighted by atomic mass is 9.95. The lowest BCUT2D eigenvalue weighted by Gasteiger charge is -2.36. The van der Waals surface area contributed by atoms with E-state index >= 15 is 0 Å². The zero-order valence-corrected chi connectivity index (χ0v) is 40.9. The van der Waals surface area contributed by atoms with Gasteiger partial charge in [0.15, 0.2) is 0 Å². The maximum atomic E-state index is 13.5. The van der Waals surface area contributed by atoms with Crippen molar-refractivity contribution < 1.29 is 33.4 Å². The van der Waals surface area contributed by atoms with E-state index in [2.05, 4.69) is 62.0 Å². The number of carbonyl (C=O) groups excluding carboxylic acids is 4. The van der Waals surface area contributed by atoms with Crippen molar-refractivity contribution in [2.45, 2.75) is 123 Å². The van der Waals surface area contributed by atoms with Crippen molar-refractivity contribution in [2.24, 2.45) is 5.92 Å². The third-order valence-corrected chi connectivity index (χ3v) is 10.7. The summed E-state index contributed by atoms with van der Waals surface area (Å²) in [5, 5.41) is 9.02. The number of nitrogens with zero attached hydrogens (tertiary/aromatic N) is 5.